The summed E-state index contributed by atoms with van der Waals surface area (Å²) < 4.78 is 0. The zero-order valence-electron chi connectivity index (χ0n) is 8.07. The van der Waals surface area contributed by atoms with E-state index in [9.17, 15) is 5.11 Å². The lowest BCUT2D eigenvalue weighted by Crippen LogP contribution is -2.21. The van der Waals surface area contributed by atoms with Gasteiger partial charge in [0.05, 0.1) is 22.5 Å². The zero-order valence-corrected chi connectivity index (χ0v) is 8.83. The number of hydrogen-bond donors (Lipinski definition) is 1. The Morgan fingerprint density at radius 2 is 2.43 bits per heavy atom. The number of aliphatic hydroxyl groups excluding tert-OH is 1. The van der Waals surface area contributed by atoms with E-state index in [1.165, 1.54) is 0 Å². The lowest BCUT2D eigenvalue weighted by Gasteiger charge is -2.19. The number of pyridine rings is 1. The third kappa shape index (κ3) is 1.70. The van der Waals surface area contributed by atoms with Gasteiger partial charge >= 0.3 is 0 Å². The molecule has 0 amide bonds. The van der Waals surface area contributed by atoms with Crippen molar-refractivity contribution in [2.24, 2.45) is 0 Å². The second-order valence-electron chi connectivity index (χ2n) is 3.62. The average molecular weight is 213 g/mol. The molecule has 2 rings (SSSR count). The van der Waals surface area contributed by atoms with Crippen molar-refractivity contribution in [3.05, 3.63) is 23.0 Å². The van der Waals surface area contributed by atoms with Gasteiger partial charge in [-0.15, -0.1) is 0 Å². The van der Waals surface area contributed by atoms with Gasteiger partial charge in [0.15, 0.2) is 0 Å². The Bertz CT molecular complexity index is 343. The first-order valence-corrected chi connectivity index (χ1v) is 5.10. The maximum atomic E-state index is 9.42. The summed E-state index contributed by atoms with van der Waals surface area (Å²) in [4.78, 5) is 6.21. The SMILES string of the molecule is Cc1nccc(N2CC[C@H](O)C2)c1Cl. The van der Waals surface area contributed by atoms with E-state index < -0.39 is 0 Å². The van der Waals surface area contributed by atoms with Crippen LogP contribution in [-0.2, 0) is 0 Å². The molecule has 0 spiro atoms. The highest BCUT2D eigenvalue weighted by Gasteiger charge is 2.22. The van der Waals surface area contributed by atoms with E-state index in [1.54, 1.807) is 6.20 Å². The van der Waals surface area contributed by atoms with Crippen LogP contribution in [0.3, 0.4) is 0 Å². The molecule has 0 aromatic carbocycles. The fraction of sp³-hybridized carbons (Fsp3) is 0.500. The molecule has 2 heterocycles. The molecule has 4 heteroatoms. The minimum atomic E-state index is -0.223. The maximum Gasteiger partial charge on any atom is 0.0851 e. The van der Waals surface area contributed by atoms with Crippen LogP contribution in [-0.4, -0.2) is 29.3 Å². The summed E-state index contributed by atoms with van der Waals surface area (Å²) in [5.41, 5.74) is 1.82. The first-order valence-electron chi connectivity index (χ1n) is 4.72. The van der Waals surface area contributed by atoms with Crippen LogP contribution in [0.25, 0.3) is 0 Å². The van der Waals surface area contributed by atoms with Crippen LogP contribution >= 0.6 is 11.6 Å². The predicted molar refractivity (Wildman–Crippen MR) is 56.8 cm³/mol. The minimum Gasteiger partial charge on any atom is -0.391 e. The molecule has 14 heavy (non-hydrogen) atoms. The van der Waals surface area contributed by atoms with E-state index in [0.717, 1.165) is 24.3 Å². The largest absolute Gasteiger partial charge is 0.391 e. The Hall–Kier alpha value is -0.800. The van der Waals surface area contributed by atoms with E-state index in [-0.39, 0.29) is 6.10 Å². The van der Waals surface area contributed by atoms with Gasteiger partial charge in [-0.1, -0.05) is 11.6 Å². The molecule has 0 bridgehead atoms. The van der Waals surface area contributed by atoms with Gasteiger partial charge in [-0.3, -0.25) is 4.98 Å². The van der Waals surface area contributed by atoms with Crippen LogP contribution in [0.15, 0.2) is 12.3 Å². The van der Waals surface area contributed by atoms with Crippen molar-refractivity contribution in [2.75, 3.05) is 18.0 Å². The number of aryl methyl sites for hydroxylation is 1. The second-order valence-corrected chi connectivity index (χ2v) is 4.00. The number of anilines is 1. The molecule has 76 valence electrons. The third-order valence-corrected chi connectivity index (χ3v) is 3.01. The summed E-state index contributed by atoms with van der Waals surface area (Å²) in [5, 5.41) is 10.1. The lowest BCUT2D eigenvalue weighted by atomic mass is 10.3. The Labute approximate surface area is 88.3 Å². The number of hydrogen-bond acceptors (Lipinski definition) is 3. The van der Waals surface area contributed by atoms with Crippen molar-refractivity contribution in [3.63, 3.8) is 0 Å². The van der Waals surface area contributed by atoms with Crippen LogP contribution in [0.2, 0.25) is 5.02 Å². The number of β-amino-alcohol motifs (C(OH)–C–C–N with tert-alkyl or cyclic N) is 1. The molecule has 1 aromatic heterocycles. The van der Waals surface area contributed by atoms with Crippen molar-refractivity contribution < 1.29 is 5.11 Å². The number of rotatable bonds is 1. The number of aliphatic hydroxyl groups is 1. The highest BCUT2D eigenvalue weighted by Crippen LogP contribution is 2.29. The second kappa shape index (κ2) is 3.75. The van der Waals surface area contributed by atoms with Gasteiger partial charge in [0.25, 0.3) is 0 Å². The molecule has 1 N–H and O–H groups in total. The third-order valence-electron chi connectivity index (χ3n) is 2.55. The van der Waals surface area contributed by atoms with Gasteiger partial charge in [-0.05, 0) is 19.4 Å². The van der Waals surface area contributed by atoms with Crippen molar-refractivity contribution >= 4 is 17.3 Å². The molecular formula is C10H13ClN2O. The number of nitrogens with zero attached hydrogens (tertiary/aromatic N) is 2. The lowest BCUT2D eigenvalue weighted by molar-refractivity contribution is 0.198. The highest BCUT2D eigenvalue weighted by molar-refractivity contribution is 6.33. The van der Waals surface area contributed by atoms with Gasteiger partial charge < -0.3 is 10.0 Å². The zero-order chi connectivity index (χ0) is 10.1. The van der Waals surface area contributed by atoms with Crippen molar-refractivity contribution in [1.29, 1.82) is 0 Å². The minimum absolute atomic E-state index is 0.223. The van der Waals surface area contributed by atoms with Gasteiger partial charge in [-0.25, -0.2) is 0 Å². The smallest absolute Gasteiger partial charge is 0.0851 e. The van der Waals surface area contributed by atoms with Gasteiger partial charge in [0.1, 0.15) is 0 Å². The summed E-state index contributed by atoms with van der Waals surface area (Å²) >= 11 is 6.14. The Kier molecular flexibility index (Phi) is 2.61. The van der Waals surface area contributed by atoms with Crippen molar-refractivity contribution in [1.82, 2.24) is 4.98 Å². The number of halogens is 1. The van der Waals surface area contributed by atoms with Crippen LogP contribution < -0.4 is 4.90 Å². The first-order chi connectivity index (χ1) is 6.68. The fourth-order valence-corrected chi connectivity index (χ4v) is 1.97. The quantitative estimate of drug-likeness (QED) is 0.769. The van der Waals surface area contributed by atoms with Crippen molar-refractivity contribution in [3.8, 4) is 0 Å². The van der Waals surface area contributed by atoms with E-state index in [4.69, 9.17) is 11.6 Å². The van der Waals surface area contributed by atoms with E-state index >= 15 is 0 Å². The standard InChI is InChI=1S/C10H13ClN2O/c1-7-10(11)9(2-4-12-7)13-5-3-8(14)6-13/h2,4,8,14H,3,5-6H2,1H3/t8-/m0/s1. The molecule has 0 aliphatic carbocycles. The van der Waals surface area contributed by atoms with Gasteiger partial charge in [-0.2, -0.15) is 0 Å². The summed E-state index contributed by atoms with van der Waals surface area (Å²) in [6, 6.07) is 1.90. The van der Waals surface area contributed by atoms with Crippen molar-refractivity contribution in [2.45, 2.75) is 19.4 Å². The molecule has 1 atom stereocenters. The highest BCUT2D eigenvalue weighted by atomic mass is 35.5. The van der Waals surface area contributed by atoms with E-state index in [2.05, 4.69) is 9.88 Å². The summed E-state index contributed by atoms with van der Waals surface area (Å²) in [6.45, 7) is 3.42. The molecule has 1 fully saturated rings. The normalized spacial score (nSPS) is 21.6. The Balaban J connectivity index is 2.28. The predicted octanol–water partition coefficient (Wildman–Crippen LogP) is 1.61. The molecular weight excluding hydrogens is 200 g/mol. The molecule has 0 radical (unpaired) electrons. The average Bonchev–Trinajstić information content (AvgIpc) is 2.57. The fourth-order valence-electron chi connectivity index (χ4n) is 1.74. The van der Waals surface area contributed by atoms with Crippen LogP contribution in [0.1, 0.15) is 12.1 Å². The topological polar surface area (TPSA) is 36.4 Å². The molecule has 1 saturated heterocycles. The number of aromatic nitrogens is 1. The maximum absolute atomic E-state index is 9.42. The van der Waals surface area contributed by atoms with Gasteiger partial charge in [0.2, 0.25) is 0 Å². The first kappa shape index (κ1) is 9.74. The van der Waals surface area contributed by atoms with Crippen LogP contribution in [0.5, 0.6) is 0 Å². The molecule has 1 aromatic rings. The molecule has 3 nitrogen and oxygen atoms in total. The van der Waals surface area contributed by atoms with Gasteiger partial charge in [0, 0.05) is 19.3 Å². The Morgan fingerprint density at radius 1 is 1.64 bits per heavy atom. The Morgan fingerprint density at radius 3 is 3.07 bits per heavy atom. The van der Waals surface area contributed by atoms with Crippen LogP contribution in [0, 0.1) is 6.92 Å². The monoisotopic (exact) mass is 212 g/mol. The molecule has 0 unspecified atom stereocenters. The summed E-state index contributed by atoms with van der Waals surface area (Å²) in [6.07, 6.45) is 2.35. The summed E-state index contributed by atoms with van der Waals surface area (Å²) in [5.74, 6) is 0. The summed E-state index contributed by atoms with van der Waals surface area (Å²) in [7, 11) is 0. The molecule has 0 saturated carbocycles. The molecule has 1 aliphatic rings. The van der Waals surface area contributed by atoms with E-state index in [1.807, 2.05) is 13.0 Å². The van der Waals surface area contributed by atoms with Crippen LogP contribution in [0.4, 0.5) is 5.69 Å². The van der Waals surface area contributed by atoms with E-state index in [0.29, 0.717) is 11.6 Å². The molecule has 1 aliphatic heterocycles.